The lowest BCUT2D eigenvalue weighted by Crippen LogP contribution is -2.42. The van der Waals surface area contributed by atoms with Gasteiger partial charge >= 0.3 is 0 Å². The summed E-state index contributed by atoms with van der Waals surface area (Å²) in [5, 5.41) is 0. The van der Waals surface area contributed by atoms with E-state index < -0.39 is 0 Å². The molecule has 0 saturated carbocycles. The van der Waals surface area contributed by atoms with Crippen molar-refractivity contribution in [3.63, 3.8) is 0 Å². The Bertz CT molecular complexity index is 797. The van der Waals surface area contributed by atoms with Crippen LogP contribution in [-0.4, -0.2) is 49.0 Å². The number of hydrogen-bond donors (Lipinski definition) is 0. The molecule has 2 aliphatic rings. The van der Waals surface area contributed by atoms with Crippen LogP contribution in [0.4, 0.5) is 0 Å². The van der Waals surface area contributed by atoms with Crippen LogP contribution in [0.5, 0.6) is 5.75 Å². The number of methoxy groups -OCH3 is 1. The number of carbonyl (C=O) groups is 1. The first kappa shape index (κ1) is 19.0. The minimum absolute atomic E-state index is 0.180. The van der Waals surface area contributed by atoms with Crippen molar-refractivity contribution >= 4 is 5.91 Å². The molecule has 2 aliphatic heterocycles. The Morgan fingerprint density at radius 1 is 1.00 bits per heavy atom. The lowest BCUT2D eigenvalue weighted by Gasteiger charge is -2.38. The highest BCUT2D eigenvalue weighted by Crippen LogP contribution is 2.41. The average Bonchev–Trinajstić information content (AvgIpc) is 3.03. The normalized spacial score (nSPS) is 19.3. The van der Waals surface area contributed by atoms with Gasteiger partial charge in [-0.25, -0.2) is 0 Å². The van der Waals surface area contributed by atoms with Gasteiger partial charge < -0.3 is 14.5 Å². The summed E-state index contributed by atoms with van der Waals surface area (Å²) in [6.45, 7) is 4.91. The van der Waals surface area contributed by atoms with Gasteiger partial charge in [0.05, 0.1) is 7.11 Å². The van der Waals surface area contributed by atoms with E-state index in [-0.39, 0.29) is 5.41 Å². The standard InChI is InChI=1S/C24H30N2O2/c1-28-22-9-5-8-21(16-22)18-26-19-24(17-23(26)27)11-14-25(15-12-24)13-10-20-6-3-2-4-7-20/h2-9,16H,10-15,17-19H2,1H3. The van der Waals surface area contributed by atoms with Gasteiger partial charge in [0.1, 0.15) is 5.75 Å². The molecule has 0 aromatic heterocycles. The highest BCUT2D eigenvalue weighted by Gasteiger charge is 2.44. The molecule has 4 rings (SSSR count). The molecule has 1 amide bonds. The van der Waals surface area contributed by atoms with E-state index in [0.29, 0.717) is 18.9 Å². The van der Waals surface area contributed by atoms with Crippen molar-refractivity contribution in [3.8, 4) is 5.75 Å². The van der Waals surface area contributed by atoms with E-state index in [2.05, 4.69) is 46.2 Å². The van der Waals surface area contributed by atoms with Crippen molar-refractivity contribution in [2.45, 2.75) is 32.2 Å². The number of amides is 1. The maximum atomic E-state index is 12.7. The number of carbonyl (C=O) groups excluding carboxylic acids is 1. The Morgan fingerprint density at radius 2 is 1.75 bits per heavy atom. The first-order valence-corrected chi connectivity index (χ1v) is 10.3. The largest absolute Gasteiger partial charge is 0.497 e. The van der Waals surface area contributed by atoms with Crippen LogP contribution in [0.25, 0.3) is 0 Å². The van der Waals surface area contributed by atoms with Gasteiger partial charge in [0, 0.05) is 26.1 Å². The summed E-state index contributed by atoms with van der Waals surface area (Å²) in [6.07, 6.45) is 4.07. The summed E-state index contributed by atoms with van der Waals surface area (Å²) >= 11 is 0. The van der Waals surface area contributed by atoms with Crippen LogP contribution in [0, 0.1) is 5.41 Å². The van der Waals surface area contributed by atoms with E-state index in [1.54, 1.807) is 7.11 Å². The van der Waals surface area contributed by atoms with Crippen LogP contribution < -0.4 is 4.74 Å². The molecule has 28 heavy (non-hydrogen) atoms. The van der Waals surface area contributed by atoms with Crippen LogP contribution in [0.2, 0.25) is 0 Å². The van der Waals surface area contributed by atoms with E-state index in [0.717, 1.165) is 56.8 Å². The monoisotopic (exact) mass is 378 g/mol. The first-order valence-electron chi connectivity index (χ1n) is 10.3. The second-order valence-electron chi connectivity index (χ2n) is 8.36. The number of ether oxygens (including phenoxy) is 1. The van der Waals surface area contributed by atoms with E-state index in [1.165, 1.54) is 5.56 Å². The molecule has 2 fully saturated rings. The van der Waals surface area contributed by atoms with Crippen molar-refractivity contribution in [3.05, 3.63) is 65.7 Å². The number of likely N-dealkylation sites (tertiary alicyclic amines) is 2. The molecule has 4 heteroatoms. The molecule has 0 bridgehead atoms. The molecule has 0 radical (unpaired) electrons. The Hall–Kier alpha value is -2.33. The highest BCUT2D eigenvalue weighted by atomic mass is 16.5. The smallest absolute Gasteiger partial charge is 0.223 e. The zero-order valence-electron chi connectivity index (χ0n) is 16.8. The van der Waals surface area contributed by atoms with Crippen LogP contribution in [0.15, 0.2) is 54.6 Å². The third kappa shape index (κ3) is 4.39. The third-order valence-corrected chi connectivity index (χ3v) is 6.39. The number of nitrogens with zero attached hydrogens (tertiary/aromatic N) is 2. The van der Waals surface area contributed by atoms with Gasteiger partial charge in [-0.2, -0.15) is 0 Å². The molecule has 4 nitrogen and oxygen atoms in total. The molecule has 148 valence electrons. The lowest BCUT2D eigenvalue weighted by atomic mass is 9.77. The Balaban J connectivity index is 1.30. The van der Waals surface area contributed by atoms with Crippen molar-refractivity contribution in [2.24, 2.45) is 5.41 Å². The van der Waals surface area contributed by atoms with Gasteiger partial charge in [0.2, 0.25) is 5.91 Å². The first-order chi connectivity index (χ1) is 13.7. The summed E-state index contributed by atoms with van der Waals surface area (Å²) < 4.78 is 5.31. The van der Waals surface area contributed by atoms with E-state index >= 15 is 0 Å². The molecule has 0 aliphatic carbocycles. The quantitative estimate of drug-likeness (QED) is 0.767. The summed E-state index contributed by atoms with van der Waals surface area (Å²) in [6, 6.07) is 18.8. The molecule has 0 N–H and O–H groups in total. The maximum Gasteiger partial charge on any atom is 0.223 e. The highest BCUT2D eigenvalue weighted by molar-refractivity contribution is 5.79. The molecule has 1 spiro atoms. The van der Waals surface area contributed by atoms with E-state index in [1.807, 2.05) is 18.2 Å². The SMILES string of the molecule is COc1cccc(CN2CC3(CCN(CCc4ccccc4)CC3)CC2=O)c1. The topological polar surface area (TPSA) is 32.8 Å². The Kier molecular flexibility index (Phi) is 5.67. The number of piperidine rings is 1. The van der Waals surface area contributed by atoms with Crippen molar-refractivity contribution in [1.29, 1.82) is 0 Å². The van der Waals surface area contributed by atoms with E-state index in [9.17, 15) is 4.79 Å². The molecule has 0 atom stereocenters. The van der Waals surface area contributed by atoms with Crippen molar-refractivity contribution in [1.82, 2.24) is 9.80 Å². The third-order valence-electron chi connectivity index (χ3n) is 6.39. The number of hydrogen-bond acceptors (Lipinski definition) is 3. The van der Waals surface area contributed by atoms with Crippen LogP contribution >= 0.6 is 0 Å². The van der Waals surface area contributed by atoms with Crippen molar-refractivity contribution in [2.75, 3.05) is 33.3 Å². The summed E-state index contributed by atoms with van der Waals surface area (Å²) in [5.74, 6) is 1.16. The average molecular weight is 379 g/mol. The summed E-state index contributed by atoms with van der Waals surface area (Å²) in [5.41, 5.74) is 2.73. The summed E-state index contributed by atoms with van der Waals surface area (Å²) in [4.78, 5) is 17.3. The fourth-order valence-electron chi connectivity index (χ4n) is 4.63. The Labute approximate surface area is 168 Å². The van der Waals surface area contributed by atoms with Gasteiger partial charge in [-0.05, 0) is 61.0 Å². The molecular weight excluding hydrogens is 348 g/mol. The lowest BCUT2D eigenvalue weighted by molar-refractivity contribution is -0.128. The molecule has 2 aromatic carbocycles. The fraction of sp³-hybridized carbons (Fsp3) is 0.458. The van der Waals surface area contributed by atoms with Crippen LogP contribution in [-0.2, 0) is 17.8 Å². The minimum atomic E-state index is 0.180. The zero-order valence-corrected chi connectivity index (χ0v) is 16.8. The second kappa shape index (κ2) is 8.36. The van der Waals surface area contributed by atoms with Crippen molar-refractivity contribution < 1.29 is 9.53 Å². The van der Waals surface area contributed by atoms with Gasteiger partial charge in [-0.3, -0.25) is 4.79 Å². The maximum absolute atomic E-state index is 12.7. The molecule has 2 heterocycles. The zero-order chi connectivity index (χ0) is 19.4. The van der Waals surface area contributed by atoms with Crippen LogP contribution in [0.3, 0.4) is 0 Å². The minimum Gasteiger partial charge on any atom is -0.497 e. The van der Waals surface area contributed by atoms with Gasteiger partial charge in [0.25, 0.3) is 0 Å². The predicted molar refractivity (Wildman–Crippen MR) is 111 cm³/mol. The Morgan fingerprint density at radius 3 is 2.50 bits per heavy atom. The van der Waals surface area contributed by atoms with Gasteiger partial charge in [-0.1, -0.05) is 42.5 Å². The van der Waals surface area contributed by atoms with Gasteiger partial charge in [-0.15, -0.1) is 0 Å². The molecular formula is C24H30N2O2. The summed E-state index contributed by atoms with van der Waals surface area (Å²) in [7, 11) is 1.68. The number of benzene rings is 2. The van der Waals surface area contributed by atoms with Crippen LogP contribution in [0.1, 0.15) is 30.4 Å². The van der Waals surface area contributed by atoms with Gasteiger partial charge in [0.15, 0.2) is 0 Å². The predicted octanol–water partition coefficient (Wildman–Crippen LogP) is 3.75. The molecule has 2 aromatic rings. The molecule has 2 saturated heterocycles. The molecule has 0 unspecified atom stereocenters. The fourth-order valence-corrected chi connectivity index (χ4v) is 4.63. The second-order valence-corrected chi connectivity index (χ2v) is 8.36. The number of rotatable bonds is 6. The van der Waals surface area contributed by atoms with E-state index in [4.69, 9.17) is 4.74 Å².